The molecule has 0 aliphatic heterocycles. The molecular formula is C13H13ClN2O. The highest BCUT2D eigenvalue weighted by atomic mass is 35.5. The van der Waals surface area contributed by atoms with E-state index in [9.17, 15) is 4.79 Å². The molecule has 0 heterocycles. The van der Waals surface area contributed by atoms with Gasteiger partial charge in [-0.05, 0) is 30.0 Å². The van der Waals surface area contributed by atoms with E-state index in [0.29, 0.717) is 16.3 Å². The number of nitrogens with one attached hydrogen (secondary N) is 1. The normalized spacial score (nSPS) is 20.5. The summed E-state index contributed by atoms with van der Waals surface area (Å²) in [6.07, 6.45) is 0.897. The number of halogens is 1. The molecule has 1 aliphatic carbocycles. The Morgan fingerprint density at radius 2 is 2.24 bits per heavy atom. The van der Waals surface area contributed by atoms with Crippen LogP contribution < -0.4 is 5.32 Å². The van der Waals surface area contributed by atoms with Crippen LogP contribution in [0.5, 0.6) is 0 Å². The molecule has 2 rings (SSSR count). The molecule has 1 N–H and O–H groups in total. The molecule has 0 saturated heterocycles. The quantitative estimate of drug-likeness (QED) is 0.874. The maximum Gasteiger partial charge on any atom is 0.228 e. The summed E-state index contributed by atoms with van der Waals surface area (Å²) in [6.45, 7) is 4.12. The van der Waals surface area contributed by atoms with Crippen molar-refractivity contribution in [1.29, 1.82) is 5.26 Å². The predicted molar refractivity (Wildman–Crippen MR) is 66.7 cm³/mol. The fourth-order valence-corrected chi connectivity index (χ4v) is 1.99. The van der Waals surface area contributed by atoms with E-state index in [1.807, 2.05) is 6.07 Å². The van der Waals surface area contributed by atoms with Crippen molar-refractivity contribution in [1.82, 2.24) is 0 Å². The molecule has 1 amide bonds. The van der Waals surface area contributed by atoms with E-state index in [4.69, 9.17) is 16.9 Å². The summed E-state index contributed by atoms with van der Waals surface area (Å²) in [5.41, 5.74) is 1.09. The second kappa shape index (κ2) is 4.05. The van der Waals surface area contributed by atoms with Gasteiger partial charge in [-0.3, -0.25) is 4.79 Å². The molecule has 0 aromatic heterocycles. The number of nitrogens with zero attached hydrogens (tertiary/aromatic N) is 1. The molecule has 88 valence electrons. The number of carbonyl (C=O) groups is 1. The van der Waals surface area contributed by atoms with E-state index in [2.05, 4.69) is 19.2 Å². The average molecular weight is 249 g/mol. The number of nitriles is 1. The van der Waals surface area contributed by atoms with E-state index in [1.54, 1.807) is 18.2 Å². The number of anilines is 1. The third-order valence-electron chi connectivity index (χ3n) is 3.18. The first-order valence-corrected chi connectivity index (χ1v) is 5.82. The van der Waals surface area contributed by atoms with Gasteiger partial charge in [-0.15, -0.1) is 0 Å². The van der Waals surface area contributed by atoms with Crippen LogP contribution in [0.15, 0.2) is 18.2 Å². The van der Waals surface area contributed by atoms with E-state index < -0.39 is 0 Å². The predicted octanol–water partition coefficient (Wildman–Crippen LogP) is 3.20. The zero-order valence-corrected chi connectivity index (χ0v) is 10.5. The smallest absolute Gasteiger partial charge is 0.228 e. The van der Waals surface area contributed by atoms with E-state index in [1.165, 1.54) is 0 Å². The van der Waals surface area contributed by atoms with Crippen LogP contribution in [0, 0.1) is 22.7 Å². The lowest BCUT2D eigenvalue weighted by molar-refractivity contribution is -0.117. The molecule has 4 heteroatoms. The Kier molecular flexibility index (Phi) is 2.84. The van der Waals surface area contributed by atoms with Crippen LogP contribution in [-0.4, -0.2) is 5.91 Å². The topological polar surface area (TPSA) is 52.9 Å². The van der Waals surface area contributed by atoms with Crippen molar-refractivity contribution in [2.45, 2.75) is 20.3 Å². The second-order valence-corrected chi connectivity index (χ2v) is 5.45. The van der Waals surface area contributed by atoms with Gasteiger partial charge in [0.05, 0.1) is 22.3 Å². The van der Waals surface area contributed by atoms with Crippen LogP contribution in [0.3, 0.4) is 0 Å². The van der Waals surface area contributed by atoms with Crippen LogP contribution >= 0.6 is 11.6 Å². The molecule has 1 unspecified atom stereocenters. The minimum Gasteiger partial charge on any atom is -0.324 e. The second-order valence-electron chi connectivity index (χ2n) is 5.04. The molecular weight excluding hydrogens is 236 g/mol. The highest BCUT2D eigenvalue weighted by Crippen LogP contribution is 2.52. The van der Waals surface area contributed by atoms with Crippen molar-refractivity contribution in [2.24, 2.45) is 11.3 Å². The number of hydrogen-bond donors (Lipinski definition) is 1. The molecule has 0 spiro atoms. The number of rotatable bonds is 2. The van der Waals surface area contributed by atoms with E-state index >= 15 is 0 Å². The van der Waals surface area contributed by atoms with Gasteiger partial charge in [0.1, 0.15) is 0 Å². The third-order valence-corrected chi connectivity index (χ3v) is 3.51. The number of benzene rings is 1. The first-order valence-electron chi connectivity index (χ1n) is 5.44. The summed E-state index contributed by atoms with van der Waals surface area (Å²) in [5, 5.41) is 12.0. The van der Waals surface area contributed by atoms with Crippen LogP contribution in [0.1, 0.15) is 25.8 Å². The van der Waals surface area contributed by atoms with Crippen molar-refractivity contribution in [3.05, 3.63) is 28.8 Å². The molecule has 1 aromatic carbocycles. The van der Waals surface area contributed by atoms with Gasteiger partial charge in [0.25, 0.3) is 0 Å². The van der Waals surface area contributed by atoms with Gasteiger partial charge < -0.3 is 5.32 Å². The van der Waals surface area contributed by atoms with Gasteiger partial charge in [0, 0.05) is 5.92 Å². The highest BCUT2D eigenvalue weighted by molar-refractivity contribution is 6.33. The van der Waals surface area contributed by atoms with Gasteiger partial charge in [-0.1, -0.05) is 25.4 Å². The monoisotopic (exact) mass is 248 g/mol. The molecule has 1 atom stereocenters. The van der Waals surface area contributed by atoms with Gasteiger partial charge >= 0.3 is 0 Å². The Morgan fingerprint density at radius 1 is 1.59 bits per heavy atom. The maximum atomic E-state index is 11.9. The van der Waals surface area contributed by atoms with Crippen LogP contribution in [0.2, 0.25) is 5.02 Å². The Morgan fingerprint density at radius 3 is 2.76 bits per heavy atom. The molecule has 1 fully saturated rings. The number of carbonyl (C=O) groups excluding carboxylic acids is 1. The van der Waals surface area contributed by atoms with Gasteiger partial charge in [-0.2, -0.15) is 5.26 Å². The van der Waals surface area contributed by atoms with Gasteiger partial charge in [0.15, 0.2) is 0 Å². The molecule has 0 bridgehead atoms. The summed E-state index contributed by atoms with van der Waals surface area (Å²) in [6, 6.07) is 6.85. The highest BCUT2D eigenvalue weighted by Gasteiger charge is 2.50. The van der Waals surface area contributed by atoms with Crippen molar-refractivity contribution in [3.8, 4) is 6.07 Å². The first-order chi connectivity index (χ1) is 7.94. The molecule has 3 nitrogen and oxygen atoms in total. The lowest BCUT2D eigenvalue weighted by atomic mass is 10.1. The van der Waals surface area contributed by atoms with E-state index in [0.717, 1.165) is 6.42 Å². The number of amides is 1. The van der Waals surface area contributed by atoms with Gasteiger partial charge in [0.2, 0.25) is 5.91 Å². The summed E-state index contributed by atoms with van der Waals surface area (Å²) in [7, 11) is 0. The lowest BCUT2D eigenvalue weighted by Crippen LogP contribution is -2.16. The summed E-state index contributed by atoms with van der Waals surface area (Å²) >= 11 is 5.97. The van der Waals surface area contributed by atoms with Crippen molar-refractivity contribution in [2.75, 3.05) is 5.32 Å². The maximum absolute atomic E-state index is 11.9. The molecule has 1 aromatic rings. The Balaban J connectivity index is 2.14. The standard InChI is InChI=1S/C13H13ClN2O/c1-13(2)6-9(13)12(17)16-11-5-8(7-15)3-4-10(11)14/h3-5,9H,6H2,1-2H3,(H,16,17). The summed E-state index contributed by atoms with van der Waals surface area (Å²) in [4.78, 5) is 11.9. The summed E-state index contributed by atoms with van der Waals surface area (Å²) < 4.78 is 0. The fourth-order valence-electron chi connectivity index (χ4n) is 1.83. The Labute approximate surface area is 105 Å². The third kappa shape index (κ3) is 2.42. The van der Waals surface area contributed by atoms with Crippen LogP contribution in [-0.2, 0) is 4.79 Å². The lowest BCUT2D eigenvalue weighted by Gasteiger charge is -2.08. The number of hydrogen-bond acceptors (Lipinski definition) is 2. The molecule has 0 radical (unpaired) electrons. The Hall–Kier alpha value is -1.53. The SMILES string of the molecule is CC1(C)CC1C(=O)Nc1cc(C#N)ccc1Cl. The van der Waals surface area contributed by atoms with E-state index in [-0.39, 0.29) is 17.2 Å². The minimum atomic E-state index is -0.0213. The van der Waals surface area contributed by atoms with Crippen molar-refractivity contribution >= 4 is 23.2 Å². The minimum absolute atomic E-state index is 0.0213. The molecule has 1 saturated carbocycles. The Bertz CT molecular complexity index is 517. The zero-order valence-electron chi connectivity index (χ0n) is 9.75. The summed E-state index contributed by atoms with van der Waals surface area (Å²) in [5.74, 6) is 0.0244. The van der Waals surface area contributed by atoms with Crippen molar-refractivity contribution < 1.29 is 4.79 Å². The van der Waals surface area contributed by atoms with Crippen molar-refractivity contribution in [3.63, 3.8) is 0 Å². The van der Waals surface area contributed by atoms with Crippen LogP contribution in [0.4, 0.5) is 5.69 Å². The average Bonchev–Trinajstić information content (AvgIpc) is 2.91. The largest absolute Gasteiger partial charge is 0.324 e. The fraction of sp³-hybridized carbons (Fsp3) is 0.385. The zero-order chi connectivity index (χ0) is 12.6. The van der Waals surface area contributed by atoms with Crippen LogP contribution in [0.25, 0.3) is 0 Å². The van der Waals surface area contributed by atoms with Gasteiger partial charge in [-0.25, -0.2) is 0 Å². The molecule has 1 aliphatic rings. The first kappa shape index (κ1) is 11.9. The molecule has 17 heavy (non-hydrogen) atoms.